The van der Waals surface area contributed by atoms with Crippen LogP contribution in [0, 0.1) is 40.4 Å². The summed E-state index contributed by atoms with van der Waals surface area (Å²) < 4.78 is 17.6. The number of aliphatic hydroxyl groups is 1. The molecule has 30 heavy (non-hydrogen) atoms. The second-order valence-corrected chi connectivity index (χ2v) is 10.5. The Morgan fingerprint density at radius 3 is 2.40 bits per heavy atom. The van der Waals surface area contributed by atoms with E-state index in [1.165, 1.54) is 6.92 Å². The lowest BCUT2D eigenvalue weighted by molar-refractivity contribution is -0.288. The molecule has 0 radical (unpaired) electrons. The zero-order valence-electron chi connectivity index (χ0n) is 18.7. The molecule has 11 atom stereocenters. The summed E-state index contributed by atoms with van der Waals surface area (Å²) in [4.78, 5) is 38.3. The van der Waals surface area contributed by atoms with Gasteiger partial charge >= 0.3 is 11.9 Å². The molecule has 7 nitrogen and oxygen atoms in total. The first kappa shape index (κ1) is 21.8. The van der Waals surface area contributed by atoms with Gasteiger partial charge in [-0.2, -0.15) is 0 Å². The number of hydrogen-bond donors (Lipinski definition) is 1. The molecule has 1 N–H and O–H groups in total. The van der Waals surface area contributed by atoms with Gasteiger partial charge in [-0.3, -0.25) is 14.4 Å². The summed E-state index contributed by atoms with van der Waals surface area (Å²) in [5.74, 6) is -1.37. The number of Topliss-reactive ketones (excluding diaryl/α,β-unsaturated/α-hetero) is 1. The van der Waals surface area contributed by atoms with Crippen molar-refractivity contribution in [2.75, 3.05) is 7.11 Å². The SMILES string of the molecule is CO[C@H]1[C@H](C)[C@@H]2CC(=O)O[C@@H]3C[C@H]4[C@H](C)C[C@H](O)C(=O)[C@]4(C)[C@@H]([C@@H]1OC(C)=O)[C@@]32C. The molecule has 4 fully saturated rings. The van der Waals surface area contributed by atoms with Crippen molar-refractivity contribution < 1.29 is 33.7 Å². The zero-order chi connectivity index (χ0) is 22.2. The van der Waals surface area contributed by atoms with E-state index in [1.807, 2.05) is 20.8 Å². The molecule has 4 rings (SSSR count). The van der Waals surface area contributed by atoms with Crippen LogP contribution in [0.3, 0.4) is 0 Å². The van der Waals surface area contributed by atoms with E-state index >= 15 is 0 Å². The minimum Gasteiger partial charge on any atom is -0.462 e. The topological polar surface area (TPSA) is 99.1 Å². The van der Waals surface area contributed by atoms with E-state index in [1.54, 1.807) is 7.11 Å². The van der Waals surface area contributed by atoms with Gasteiger partial charge in [0.25, 0.3) is 0 Å². The summed E-state index contributed by atoms with van der Waals surface area (Å²) in [6, 6.07) is 0. The molecular weight excluding hydrogens is 388 g/mol. The van der Waals surface area contributed by atoms with E-state index in [2.05, 4.69) is 6.92 Å². The van der Waals surface area contributed by atoms with E-state index in [0.717, 1.165) is 0 Å². The van der Waals surface area contributed by atoms with Gasteiger partial charge in [-0.1, -0.05) is 27.7 Å². The largest absolute Gasteiger partial charge is 0.462 e. The molecule has 4 aliphatic rings. The molecule has 1 aliphatic heterocycles. The molecular formula is C23H34O7. The Bertz CT molecular complexity index is 765. The lowest BCUT2D eigenvalue weighted by Crippen LogP contribution is -2.75. The number of ketones is 1. The summed E-state index contributed by atoms with van der Waals surface area (Å²) in [5.41, 5.74) is -1.46. The standard InChI is InChI=1S/C23H34O7/c1-10-7-15(25)21(27)23(5)13(10)8-16-22(4)14(9-17(26)30-16)11(2)18(28-6)19(20(22)23)29-12(3)24/h10-11,13-16,18-20,25H,7-9H2,1-6H3/t10-,11-,13+,14+,15+,16-,18+,19-,20+,22-,23+/m1/s1. The number of ether oxygens (including phenoxy) is 3. The first-order valence-electron chi connectivity index (χ1n) is 11.1. The Labute approximate surface area is 177 Å². The Hall–Kier alpha value is -1.47. The smallest absolute Gasteiger partial charge is 0.306 e. The minimum atomic E-state index is -1.04. The number of hydrogen-bond acceptors (Lipinski definition) is 7. The number of rotatable bonds is 2. The van der Waals surface area contributed by atoms with Gasteiger partial charge in [0.05, 0.1) is 6.10 Å². The van der Waals surface area contributed by atoms with Crippen molar-refractivity contribution in [1.29, 1.82) is 0 Å². The number of aliphatic hydroxyl groups excluding tert-OH is 1. The molecule has 0 bridgehead atoms. The molecule has 168 valence electrons. The van der Waals surface area contributed by atoms with Gasteiger partial charge in [-0.25, -0.2) is 0 Å². The molecule has 7 heteroatoms. The van der Waals surface area contributed by atoms with E-state index < -0.39 is 41.0 Å². The molecule has 0 aromatic rings. The average molecular weight is 423 g/mol. The quantitative estimate of drug-likeness (QED) is 0.681. The molecule has 0 unspecified atom stereocenters. The van der Waals surface area contributed by atoms with Gasteiger partial charge in [0.1, 0.15) is 18.3 Å². The Kier molecular flexibility index (Phi) is 5.09. The maximum absolute atomic E-state index is 13.6. The highest BCUT2D eigenvalue weighted by Gasteiger charge is 2.74. The predicted molar refractivity (Wildman–Crippen MR) is 106 cm³/mol. The first-order valence-corrected chi connectivity index (χ1v) is 11.1. The van der Waals surface area contributed by atoms with Crippen molar-refractivity contribution in [2.24, 2.45) is 40.4 Å². The van der Waals surface area contributed by atoms with Crippen LogP contribution < -0.4 is 0 Å². The van der Waals surface area contributed by atoms with Crippen molar-refractivity contribution in [3.05, 3.63) is 0 Å². The summed E-state index contributed by atoms with van der Waals surface area (Å²) >= 11 is 0. The van der Waals surface area contributed by atoms with Crippen molar-refractivity contribution in [3.63, 3.8) is 0 Å². The lowest BCUT2D eigenvalue weighted by atomic mass is 9.37. The number of carbonyl (C=O) groups excluding carboxylic acids is 3. The summed E-state index contributed by atoms with van der Waals surface area (Å²) in [6.07, 6.45) is -1.25. The number of methoxy groups -OCH3 is 1. The van der Waals surface area contributed by atoms with Gasteiger partial charge in [-0.05, 0) is 36.5 Å². The summed E-state index contributed by atoms with van der Waals surface area (Å²) in [5, 5.41) is 10.6. The summed E-state index contributed by atoms with van der Waals surface area (Å²) in [6.45, 7) is 9.45. The normalized spacial score (nSPS) is 52.7. The number of esters is 2. The van der Waals surface area contributed by atoms with Crippen LogP contribution in [0.2, 0.25) is 0 Å². The van der Waals surface area contributed by atoms with E-state index in [9.17, 15) is 19.5 Å². The van der Waals surface area contributed by atoms with Gasteiger partial charge in [0, 0.05) is 37.2 Å². The highest BCUT2D eigenvalue weighted by atomic mass is 16.6. The van der Waals surface area contributed by atoms with E-state index in [-0.39, 0.29) is 47.9 Å². The highest BCUT2D eigenvalue weighted by Crippen LogP contribution is 2.68. The van der Waals surface area contributed by atoms with Gasteiger partial charge in [0.15, 0.2) is 5.78 Å². The van der Waals surface area contributed by atoms with Crippen LogP contribution in [-0.2, 0) is 28.6 Å². The Morgan fingerprint density at radius 2 is 1.80 bits per heavy atom. The van der Waals surface area contributed by atoms with Crippen LogP contribution in [0.4, 0.5) is 0 Å². The van der Waals surface area contributed by atoms with Crippen LogP contribution >= 0.6 is 0 Å². The minimum absolute atomic E-state index is 0.0582. The lowest BCUT2D eigenvalue weighted by Gasteiger charge is -2.69. The number of carbonyl (C=O) groups is 3. The first-order chi connectivity index (χ1) is 14.0. The Morgan fingerprint density at radius 1 is 1.13 bits per heavy atom. The van der Waals surface area contributed by atoms with Crippen LogP contribution in [0.25, 0.3) is 0 Å². The van der Waals surface area contributed by atoms with Gasteiger partial charge in [0.2, 0.25) is 0 Å². The van der Waals surface area contributed by atoms with Crippen LogP contribution in [0.15, 0.2) is 0 Å². The maximum Gasteiger partial charge on any atom is 0.306 e. The highest BCUT2D eigenvalue weighted by molar-refractivity contribution is 5.90. The third kappa shape index (κ3) is 2.67. The van der Waals surface area contributed by atoms with Crippen molar-refractivity contribution in [1.82, 2.24) is 0 Å². The van der Waals surface area contributed by atoms with Crippen molar-refractivity contribution >= 4 is 17.7 Å². The van der Waals surface area contributed by atoms with E-state index in [4.69, 9.17) is 14.2 Å². The predicted octanol–water partition coefficient (Wildman–Crippen LogP) is 2.13. The molecule has 1 saturated heterocycles. The third-order valence-electron chi connectivity index (χ3n) is 9.20. The Balaban J connectivity index is 1.95. The maximum atomic E-state index is 13.6. The molecule has 3 saturated carbocycles. The fourth-order valence-electron chi connectivity index (χ4n) is 8.04. The average Bonchev–Trinajstić information content (AvgIpc) is 2.64. The van der Waals surface area contributed by atoms with Gasteiger partial charge < -0.3 is 19.3 Å². The van der Waals surface area contributed by atoms with Crippen molar-refractivity contribution in [3.8, 4) is 0 Å². The molecule has 0 amide bonds. The van der Waals surface area contributed by atoms with Crippen LogP contribution in [0.1, 0.15) is 53.9 Å². The molecule has 1 heterocycles. The van der Waals surface area contributed by atoms with Crippen molar-refractivity contribution in [2.45, 2.75) is 78.3 Å². The molecule has 0 aromatic heterocycles. The van der Waals surface area contributed by atoms with E-state index in [0.29, 0.717) is 12.8 Å². The molecule has 3 aliphatic carbocycles. The zero-order valence-corrected chi connectivity index (χ0v) is 18.7. The fourth-order valence-corrected chi connectivity index (χ4v) is 8.04. The van der Waals surface area contributed by atoms with Crippen LogP contribution in [0.5, 0.6) is 0 Å². The van der Waals surface area contributed by atoms with Gasteiger partial charge in [-0.15, -0.1) is 0 Å². The third-order valence-corrected chi connectivity index (χ3v) is 9.20. The number of fused-ring (bicyclic) bond motifs is 2. The second kappa shape index (κ2) is 7.02. The van der Waals surface area contributed by atoms with Crippen LogP contribution in [-0.4, -0.2) is 54.4 Å². The monoisotopic (exact) mass is 422 g/mol. The molecule has 0 spiro atoms. The molecule has 0 aromatic carbocycles. The summed E-state index contributed by atoms with van der Waals surface area (Å²) in [7, 11) is 1.59. The second-order valence-electron chi connectivity index (χ2n) is 10.5. The fraction of sp³-hybridized carbons (Fsp3) is 0.870.